The third-order valence-corrected chi connectivity index (χ3v) is 3.24. The summed E-state index contributed by atoms with van der Waals surface area (Å²) in [5.74, 6) is 0.712. The van der Waals surface area contributed by atoms with E-state index in [0.717, 1.165) is 10.2 Å². The van der Waals surface area contributed by atoms with Crippen molar-refractivity contribution in [1.29, 1.82) is 0 Å². The van der Waals surface area contributed by atoms with Crippen LogP contribution >= 0.6 is 15.9 Å². The summed E-state index contributed by atoms with van der Waals surface area (Å²) < 4.78 is 6.05. The summed E-state index contributed by atoms with van der Waals surface area (Å²) in [6, 6.07) is 12.2. The molecule has 0 radical (unpaired) electrons. The number of rotatable bonds is 5. The highest BCUT2D eigenvalue weighted by Crippen LogP contribution is 2.26. The van der Waals surface area contributed by atoms with Crippen LogP contribution in [0.2, 0.25) is 0 Å². The number of halogens is 1. The molecular weight excluding hydrogens is 324 g/mol. The minimum absolute atomic E-state index is 0.113. The van der Waals surface area contributed by atoms with Crippen LogP contribution in [-0.2, 0) is 6.54 Å². The van der Waals surface area contributed by atoms with Crippen LogP contribution in [0.15, 0.2) is 46.9 Å². The first kappa shape index (κ1) is 14.3. The minimum atomic E-state index is -0.376. The number of para-hydroxylation sites is 1. The van der Waals surface area contributed by atoms with E-state index in [1.807, 2.05) is 18.2 Å². The van der Waals surface area contributed by atoms with E-state index in [9.17, 15) is 10.1 Å². The molecule has 6 heteroatoms. The van der Waals surface area contributed by atoms with Gasteiger partial charge in [0.25, 0.3) is 5.69 Å². The van der Waals surface area contributed by atoms with Crippen molar-refractivity contribution < 1.29 is 9.66 Å². The van der Waals surface area contributed by atoms with Gasteiger partial charge in [-0.05, 0) is 12.1 Å². The van der Waals surface area contributed by atoms with Crippen LogP contribution in [0, 0.1) is 10.1 Å². The molecule has 2 aromatic carbocycles. The fraction of sp³-hybridized carbons (Fsp3) is 0.143. The molecule has 0 unspecified atom stereocenters. The lowest BCUT2D eigenvalue weighted by molar-refractivity contribution is -0.385. The second-order valence-electron chi connectivity index (χ2n) is 4.12. The van der Waals surface area contributed by atoms with Gasteiger partial charge in [-0.3, -0.25) is 10.1 Å². The molecule has 2 aromatic rings. The van der Waals surface area contributed by atoms with Crippen molar-refractivity contribution in [1.82, 2.24) is 0 Å². The quantitative estimate of drug-likeness (QED) is 0.662. The second kappa shape index (κ2) is 6.38. The Bertz CT molecular complexity index is 632. The van der Waals surface area contributed by atoms with Crippen LogP contribution in [0.3, 0.4) is 0 Å². The largest absolute Gasteiger partial charge is 0.497 e. The van der Waals surface area contributed by atoms with Gasteiger partial charge in [0.15, 0.2) is 0 Å². The molecule has 0 fully saturated rings. The molecule has 1 N–H and O–H groups in total. The summed E-state index contributed by atoms with van der Waals surface area (Å²) in [6.45, 7) is 0.372. The van der Waals surface area contributed by atoms with E-state index < -0.39 is 0 Å². The Labute approximate surface area is 124 Å². The normalized spacial score (nSPS) is 10.1. The Morgan fingerprint density at radius 2 is 2.05 bits per heavy atom. The van der Waals surface area contributed by atoms with Crippen molar-refractivity contribution in [2.24, 2.45) is 0 Å². The molecule has 0 aliphatic carbocycles. The fourth-order valence-corrected chi connectivity index (χ4v) is 2.29. The maximum absolute atomic E-state index is 10.9. The SMILES string of the molecule is COc1cc(Br)cc(NCc2ccccc2[N+](=O)[O-])c1. The molecule has 0 saturated carbocycles. The van der Waals surface area contributed by atoms with Crippen molar-refractivity contribution in [3.63, 3.8) is 0 Å². The minimum Gasteiger partial charge on any atom is -0.497 e. The molecule has 0 atom stereocenters. The summed E-state index contributed by atoms with van der Waals surface area (Å²) >= 11 is 3.39. The van der Waals surface area contributed by atoms with Gasteiger partial charge in [-0.15, -0.1) is 0 Å². The highest BCUT2D eigenvalue weighted by Gasteiger charge is 2.11. The van der Waals surface area contributed by atoms with Crippen LogP contribution in [0.25, 0.3) is 0 Å². The van der Waals surface area contributed by atoms with Crippen LogP contribution in [-0.4, -0.2) is 12.0 Å². The first-order valence-corrected chi connectivity index (χ1v) is 6.70. The standard InChI is InChI=1S/C14H13BrN2O3/c1-20-13-7-11(15)6-12(8-13)16-9-10-4-2-3-5-14(10)17(18)19/h2-8,16H,9H2,1H3. The Morgan fingerprint density at radius 3 is 2.75 bits per heavy atom. The Balaban J connectivity index is 2.17. The van der Waals surface area contributed by atoms with Gasteiger partial charge in [-0.1, -0.05) is 34.1 Å². The van der Waals surface area contributed by atoms with Crippen molar-refractivity contribution in [2.75, 3.05) is 12.4 Å². The summed E-state index contributed by atoms with van der Waals surface area (Å²) in [6.07, 6.45) is 0. The Morgan fingerprint density at radius 1 is 1.30 bits per heavy atom. The number of methoxy groups -OCH3 is 1. The number of benzene rings is 2. The number of hydrogen-bond donors (Lipinski definition) is 1. The number of nitrogens with one attached hydrogen (secondary N) is 1. The predicted octanol–water partition coefficient (Wildman–Crippen LogP) is 3.98. The van der Waals surface area contributed by atoms with Gasteiger partial charge in [-0.25, -0.2) is 0 Å². The molecule has 2 rings (SSSR count). The number of nitro groups is 1. The molecule has 0 heterocycles. The monoisotopic (exact) mass is 336 g/mol. The van der Waals surface area contributed by atoms with Crippen molar-refractivity contribution in [3.8, 4) is 5.75 Å². The summed E-state index contributed by atoms with van der Waals surface area (Å²) in [7, 11) is 1.59. The number of nitro benzene ring substituents is 1. The van der Waals surface area contributed by atoms with Crippen molar-refractivity contribution in [2.45, 2.75) is 6.54 Å². The molecule has 0 aromatic heterocycles. The molecule has 0 saturated heterocycles. The van der Waals surface area contributed by atoms with Crippen LogP contribution in [0.5, 0.6) is 5.75 Å². The molecule has 0 bridgehead atoms. The maximum atomic E-state index is 10.9. The van der Waals surface area contributed by atoms with Gasteiger partial charge in [0, 0.05) is 34.4 Å². The highest BCUT2D eigenvalue weighted by atomic mass is 79.9. The molecular formula is C14H13BrN2O3. The van der Waals surface area contributed by atoms with E-state index in [4.69, 9.17) is 4.74 Å². The van der Waals surface area contributed by atoms with Crippen LogP contribution in [0.4, 0.5) is 11.4 Å². The van der Waals surface area contributed by atoms with Gasteiger partial charge in [-0.2, -0.15) is 0 Å². The fourth-order valence-electron chi connectivity index (χ4n) is 1.82. The zero-order valence-electron chi connectivity index (χ0n) is 10.8. The number of nitrogens with zero attached hydrogens (tertiary/aromatic N) is 1. The van der Waals surface area contributed by atoms with E-state index in [0.29, 0.717) is 17.9 Å². The van der Waals surface area contributed by atoms with Crippen LogP contribution in [0.1, 0.15) is 5.56 Å². The highest BCUT2D eigenvalue weighted by molar-refractivity contribution is 9.10. The van der Waals surface area contributed by atoms with E-state index in [-0.39, 0.29) is 10.6 Å². The zero-order valence-corrected chi connectivity index (χ0v) is 12.4. The third kappa shape index (κ3) is 3.48. The summed E-state index contributed by atoms with van der Waals surface area (Å²) in [5, 5.41) is 14.1. The Kier molecular flexibility index (Phi) is 4.57. The smallest absolute Gasteiger partial charge is 0.274 e. The average molecular weight is 337 g/mol. The van der Waals surface area contributed by atoms with Gasteiger partial charge in [0.05, 0.1) is 12.0 Å². The third-order valence-electron chi connectivity index (χ3n) is 2.78. The molecule has 0 amide bonds. The van der Waals surface area contributed by atoms with Gasteiger partial charge in [0.2, 0.25) is 0 Å². The Hall–Kier alpha value is -2.08. The van der Waals surface area contributed by atoms with Crippen molar-refractivity contribution >= 4 is 27.3 Å². The van der Waals surface area contributed by atoms with E-state index in [1.165, 1.54) is 6.07 Å². The average Bonchev–Trinajstić information content (AvgIpc) is 2.44. The first-order chi connectivity index (χ1) is 9.60. The molecule has 0 spiro atoms. The van der Waals surface area contributed by atoms with E-state index >= 15 is 0 Å². The second-order valence-corrected chi connectivity index (χ2v) is 5.03. The summed E-state index contributed by atoms with van der Waals surface area (Å²) in [4.78, 5) is 10.6. The molecule has 104 valence electrons. The summed E-state index contributed by atoms with van der Waals surface area (Å²) in [5.41, 5.74) is 1.58. The maximum Gasteiger partial charge on any atom is 0.274 e. The number of ether oxygens (including phenoxy) is 1. The predicted molar refractivity (Wildman–Crippen MR) is 81.1 cm³/mol. The van der Waals surface area contributed by atoms with Gasteiger partial charge in [0.1, 0.15) is 5.75 Å². The van der Waals surface area contributed by atoms with E-state index in [1.54, 1.807) is 25.3 Å². The van der Waals surface area contributed by atoms with Gasteiger partial charge >= 0.3 is 0 Å². The molecule has 5 nitrogen and oxygen atoms in total. The van der Waals surface area contributed by atoms with Crippen molar-refractivity contribution in [3.05, 3.63) is 62.6 Å². The zero-order chi connectivity index (χ0) is 14.5. The van der Waals surface area contributed by atoms with Gasteiger partial charge < -0.3 is 10.1 Å². The molecule has 0 aliphatic rings. The molecule has 0 aliphatic heterocycles. The topological polar surface area (TPSA) is 64.4 Å². The number of anilines is 1. The number of hydrogen-bond acceptors (Lipinski definition) is 4. The van der Waals surface area contributed by atoms with E-state index in [2.05, 4.69) is 21.2 Å². The molecule has 20 heavy (non-hydrogen) atoms. The lowest BCUT2D eigenvalue weighted by Crippen LogP contribution is -2.03. The lowest BCUT2D eigenvalue weighted by atomic mass is 10.2. The van der Waals surface area contributed by atoms with Crippen LogP contribution < -0.4 is 10.1 Å². The lowest BCUT2D eigenvalue weighted by Gasteiger charge is -2.09. The first-order valence-electron chi connectivity index (χ1n) is 5.91.